The van der Waals surface area contributed by atoms with Gasteiger partial charge in [-0.15, -0.1) is 0 Å². The maximum atomic E-state index is 11.8. The fourth-order valence-electron chi connectivity index (χ4n) is 3.20. The molecule has 0 saturated heterocycles. The highest BCUT2D eigenvalue weighted by atomic mass is 16.6. The van der Waals surface area contributed by atoms with Gasteiger partial charge in [0.25, 0.3) is 0 Å². The van der Waals surface area contributed by atoms with Gasteiger partial charge < -0.3 is 14.2 Å². The van der Waals surface area contributed by atoms with Crippen LogP contribution in [-0.4, -0.2) is 38.4 Å². The van der Waals surface area contributed by atoms with Gasteiger partial charge in [-0.05, 0) is 45.4 Å². The lowest BCUT2D eigenvalue weighted by Gasteiger charge is -2.21. The molecule has 24 heavy (non-hydrogen) atoms. The van der Waals surface area contributed by atoms with E-state index in [0.717, 1.165) is 31.8 Å². The number of hydrogen-bond acceptors (Lipinski definition) is 5. The van der Waals surface area contributed by atoms with Crippen LogP contribution in [0.2, 0.25) is 0 Å². The van der Waals surface area contributed by atoms with Gasteiger partial charge in [-0.1, -0.05) is 32.1 Å². The Morgan fingerprint density at radius 2 is 1.54 bits per heavy atom. The zero-order valence-electron chi connectivity index (χ0n) is 15.4. The minimum Gasteiger partial charge on any atom is -0.465 e. The third-order valence-electron chi connectivity index (χ3n) is 4.57. The highest BCUT2D eigenvalue weighted by molar-refractivity contribution is 5.94. The van der Waals surface area contributed by atoms with Crippen LogP contribution in [0.3, 0.4) is 0 Å². The zero-order chi connectivity index (χ0) is 17.6. The molecule has 0 aromatic rings. The Bertz CT molecular complexity index is 332. The topological polar surface area (TPSA) is 61.8 Å². The molecule has 0 spiro atoms. The molecular formula is C19H34O5. The minimum absolute atomic E-state index is 0.277. The maximum Gasteiger partial charge on any atom is 0.320 e. The first-order valence-corrected chi connectivity index (χ1v) is 9.60. The fourth-order valence-corrected chi connectivity index (χ4v) is 3.20. The third kappa shape index (κ3) is 8.67. The van der Waals surface area contributed by atoms with Gasteiger partial charge in [-0.3, -0.25) is 9.59 Å². The van der Waals surface area contributed by atoms with Gasteiger partial charge in [-0.2, -0.15) is 0 Å². The van der Waals surface area contributed by atoms with Gasteiger partial charge in [0.15, 0.2) is 5.92 Å². The van der Waals surface area contributed by atoms with Gasteiger partial charge in [0.2, 0.25) is 0 Å². The molecule has 0 heterocycles. The van der Waals surface area contributed by atoms with Crippen molar-refractivity contribution in [1.82, 2.24) is 0 Å². The van der Waals surface area contributed by atoms with Crippen LogP contribution in [0, 0.1) is 11.8 Å². The summed E-state index contributed by atoms with van der Waals surface area (Å²) in [5.41, 5.74) is 0. The first kappa shape index (κ1) is 20.9. The second-order valence-corrected chi connectivity index (χ2v) is 6.46. The van der Waals surface area contributed by atoms with Crippen molar-refractivity contribution in [2.45, 2.75) is 71.6 Å². The predicted octanol–water partition coefficient (Wildman–Crippen LogP) is 3.89. The van der Waals surface area contributed by atoms with Crippen molar-refractivity contribution >= 4 is 11.9 Å². The van der Waals surface area contributed by atoms with Crippen molar-refractivity contribution in [3.05, 3.63) is 0 Å². The highest BCUT2D eigenvalue weighted by Gasteiger charge is 2.28. The van der Waals surface area contributed by atoms with Crippen LogP contribution in [0.5, 0.6) is 0 Å². The van der Waals surface area contributed by atoms with E-state index in [1.165, 1.54) is 32.1 Å². The Balaban J connectivity index is 2.12. The zero-order valence-corrected chi connectivity index (χ0v) is 15.4. The molecule has 0 aliphatic heterocycles. The lowest BCUT2D eigenvalue weighted by Crippen LogP contribution is -2.28. The van der Waals surface area contributed by atoms with Crippen molar-refractivity contribution in [1.29, 1.82) is 0 Å². The third-order valence-corrected chi connectivity index (χ3v) is 4.57. The van der Waals surface area contributed by atoms with Crippen LogP contribution < -0.4 is 0 Å². The van der Waals surface area contributed by atoms with Crippen LogP contribution in [0.25, 0.3) is 0 Å². The number of unbranched alkanes of at least 4 members (excludes halogenated alkanes) is 1. The van der Waals surface area contributed by atoms with E-state index in [0.29, 0.717) is 13.0 Å². The SMILES string of the molecule is CCOC(=O)C(CCCCOCCC1CCCCC1)C(=O)OCC. The summed E-state index contributed by atoms with van der Waals surface area (Å²) in [5, 5.41) is 0. The summed E-state index contributed by atoms with van der Waals surface area (Å²) in [6.45, 7) is 5.54. The van der Waals surface area contributed by atoms with E-state index < -0.39 is 17.9 Å². The largest absolute Gasteiger partial charge is 0.465 e. The normalized spacial score (nSPS) is 15.5. The van der Waals surface area contributed by atoms with E-state index in [1.807, 2.05) is 0 Å². The summed E-state index contributed by atoms with van der Waals surface area (Å²) < 4.78 is 15.6. The van der Waals surface area contributed by atoms with Crippen LogP contribution >= 0.6 is 0 Å². The summed E-state index contributed by atoms with van der Waals surface area (Å²) in [6.07, 6.45) is 10.1. The summed E-state index contributed by atoms with van der Waals surface area (Å²) >= 11 is 0. The molecule has 1 saturated carbocycles. The van der Waals surface area contributed by atoms with E-state index in [2.05, 4.69) is 0 Å². The molecule has 5 heteroatoms. The first-order chi connectivity index (χ1) is 11.7. The number of carbonyl (C=O) groups is 2. The quantitative estimate of drug-likeness (QED) is 0.306. The van der Waals surface area contributed by atoms with E-state index >= 15 is 0 Å². The van der Waals surface area contributed by atoms with Gasteiger partial charge in [0.1, 0.15) is 0 Å². The summed E-state index contributed by atoms with van der Waals surface area (Å²) in [4.78, 5) is 23.7. The second-order valence-electron chi connectivity index (χ2n) is 6.46. The van der Waals surface area contributed by atoms with Gasteiger partial charge in [-0.25, -0.2) is 0 Å². The van der Waals surface area contributed by atoms with E-state index in [9.17, 15) is 9.59 Å². The van der Waals surface area contributed by atoms with Gasteiger partial charge in [0, 0.05) is 13.2 Å². The maximum absolute atomic E-state index is 11.8. The number of carbonyl (C=O) groups excluding carboxylic acids is 2. The van der Waals surface area contributed by atoms with Crippen LogP contribution in [0.4, 0.5) is 0 Å². The molecule has 0 N–H and O–H groups in total. The van der Waals surface area contributed by atoms with Crippen LogP contribution in [0.1, 0.15) is 71.6 Å². The van der Waals surface area contributed by atoms with Gasteiger partial charge in [0.05, 0.1) is 13.2 Å². The molecule has 0 unspecified atom stereocenters. The lowest BCUT2D eigenvalue weighted by molar-refractivity contribution is -0.162. The van der Waals surface area contributed by atoms with Crippen molar-refractivity contribution in [3.8, 4) is 0 Å². The first-order valence-electron chi connectivity index (χ1n) is 9.60. The molecule has 0 bridgehead atoms. The molecule has 1 rings (SSSR count). The molecular weight excluding hydrogens is 308 g/mol. The predicted molar refractivity (Wildman–Crippen MR) is 92.6 cm³/mol. The number of rotatable bonds is 12. The molecule has 0 amide bonds. The van der Waals surface area contributed by atoms with Crippen molar-refractivity contribution in [2.24, 2.45) is 11.8 Å². The van der Waals surface area contributed by atoms with Crippen LogP contribution in [-0.2, 0) is 23.8 Å². The Morgan fingerprint density at radius 1 is 0.917 bits per heavy atom. The van der Waals surface area contributed by atoms with E-state index in [-0.39, 0.29) is 13.2 Å². The molecule has 0 aromatic carbocycles. The fraction of sp³-hybridized carbons (Fsp3) is 0.895. The van der Waals surface area contributed by atoms with Crippen molar-refractivity contribution in [2.75, 3.05) is 26.4 Å². The lowest BCUT2D eigenvalue weighted by atomic mass is 9.87. The standard InChI is InChI=1S/C19H34O5/c1-3-23-18(20)17(19(21)24-4-2)12-8-9-14-22-15-13-16-10-6-5-7-11-16/h16-17H,3-15H2,1-2H3. The average Bonchev–Trinajstić information content (AvgIpc) is 2.58. The minimum atomic E-state index is -0.799. The van der Waals surface area contributed by atoms with Crippen molar-refractivity contribution < 1.29 is 23.8 Å². The Hall–Kier alpha value is -1.10. The van der Waals surface area contributed by atoms with Crippen molar-refractivity contribution in [3.63, 3.8) is 0 Å². The summed E-state index contributed by atoms with van der Waals surface area (Å²) in [6, 6.07) is 0. The molecule has 1 aliphatic rings. The number of hydrogen-bond donors (Lipinski definition) is 0. The monoisotopic (exact) mass is 342 g/mol. The molecule has 140 valence electrons. The number of ether oxygens (including phenoxy) is 3. The average molecular weight is 342 g/mol. The smallest absolute Gasteiger partial charge is 0.320 e. The summed E-state index contributed by atoms with van der Waals surface area (Å²) in [7, 11) is 0. The Labute approximate surface area is 146 Å². The van der Waals surface area contributed by atoms with E-state index in [1.54, 1.807) is 13.8 Å². The Kier molecular flexibility index (Phi) is 11.5. The van der Waals surface area contributed by atoms with Crippen LogP contribution in [0.15, 0.2) is 0 Å². The van der Waals surface area contributed by atoms with E-state index in [4.69, 9.17) is 14.2 Å². The molecule has 0 atom stereocenters. The summed E-state index contributed by atoms with van der Waals surface area (Å²) in [5.74, 6) is -0.911. The molecule has 1 aliphatic carbocycles. The molecule has 0 aromatic heterocycles. The Morgan fingerprint density at radius 3 is 2.12 bits per heavy atom. The second kappa shape index (κ2) is 13.2. The van der Waals surface area contributed by atoms with Gasteiger partial charge >= 0.3 is 11.9 Å². The number of esters is 2. The molecule has 0 radical (unpaired) electrons. The molecule has 1 fully saturated rings. The highest BCUT2D eigenvalue weighted by Crippen LogP contribution is 2.26. The molecule has 5 nitrogen and oxygen atoms in total.